The van der Waals surface area contributed by atoms with Crippen LogP contribution in [0.15, 0.2) is 42.5 Å². The summed E-state index contributed by atoms with van der Waals surface area (Å²) in [5, 5.41) is 3.42. The maximum atomic E-state index is 12.1. The number of nitrogens with two attached hydrogens (primary N) is 1. The Morgan fingerprint density at radius 2 is 2.12 bits per heavy atom. The molecule has 1 aromatic heterocycles. The molecule has 0 aliphatic rings. The lowest BCUT2D eigenvalue weighted by Crippen LogP contribution is -2.39. The highest BCUT2D eigenvalue weighted by atomic mass is 35.5. The Kier molecular flexibility index (Phi) is 5.56. The van der Waals surface area contributed by atoms with Gasteiger partial charge in [0.25, 0.3) is 0 Å². The number of hydrogen-bond donors (Lipinski definition) is 2. The van der Waals surface area contributed by atoms with Crippen molar-refractivity contribution in [3.8, 4) is 0 Å². The molecule has 0 radical (unpaired) electrons. The van der Waals surface area contributed by atoms with Gasteiger partial charge in [-0.1, -0.05) is 23.7 Å². The maximum Gasteiger partial charge on any atom is 0.243 e. The summed E-state index contributed by atoms with van der Waals surface area (Å²) in [6.07, 6.45) is 0. The highest BCUT2D eigenvalue weighted by molar-refractivity contribution is 6.31. The number of carbonyl (C=O) groups is 1. The zero-order chi connectivity index (χ0) is 18.7. The fourth-order valence-electron chi connectivity index (χ4n) is 2.83. The fraction of sp³-hybridized carbons (Fsp3) is 0.263. The molecule has 6 nitrogen and oxygen atoms in total. The zero-order valence-corrected chi connectivity index (χ0v) is 15.5. The van der Waals surface area contributed by atoms with E-state index in [0.717, 1.165) is 22.4 Å². The van der Waals surface area contributed by atoms with Crippen molar-refractivity contribution in [2.24, 2.45) is 5.73 Å². The lowest BCUT2D eigenvalue weighted by molar-refractivity contribution is -0.118. The van der Waals surface area contributed by atoms with Crippen molar-refractivity contribution in [3.63, 3.8) is 0 Å². The van der Waals surface area contributed by atoms with Crippen LogP contribution in [-0.2, 0) is 16.1 Å². The number of fused-ring (bicyclic) bond motifs is 1. The third-order valence-corrected chi connectivity index (χ3v) is 4.54. The van der Waals surface area contributed by atoms with Crippen molar-refractivity contribution < 1.29 is 9.53 Å². The van der Waals surface area contributed by atoms with Crippen molar-refractivity contribution in [3.05, 3.63) is 58.9 Å². The van der Waals surface area contributed by atoms with E-state index < -0.39 is 6.04 Å². The van der Waals surface area contributed by atoms with E-state index in [4.69, 9.17) is 22.1 Å². The number of nitrogens with zero attached hydrogens (tertiary/aromatic N) is 2. The molecule has 0 aliphatic heterocycles. The van der Waals surface area contributed by atoms with Crippen molar-refractivity contribution in [2.75, 3.05) is 19.0 Å². The molecule has 1 heterocycles. The lowest BCUT2D eigenvalue weighted by atomic mass is 10.1. The van der Waals surface area contributed by atoms with Crippen molar-refractivity contribution >= 4 is 34.2 Å². The van der Waals surface area contributed by atoms with Crippen molar-refractivity contribution in [1.29, 1.82) is 0 Å². The molecule has 1 atom stereocenters. The van der Waals surface area contributed by atoms with E-state index in [-0.39, 0.29) is 12.5 Å². The molecule has 1 amide bonds. The van der Waals surface area contributed by atoms with Crippen LogP contribution in [0.4, 0.5) is 5.69 Å². The summed E-state index contributed by atoms with van der Waals surface area (Å²) in [7, 11) is 1.51. The van der Waals surface area contributed by atoms with E-state index in [2.05, 4.69) is 14.9 Å². The minimum atomic E-state index is -0.723. The molecule has 7 heteroatoms. The van der Waals surface area contributed by atoms with Crippen LogP contribution in [-0.4, -0.2) is 35.2 Å². The molecule has 0 saturated heterocycles. The smallest absolute Gasteiger partial charge is 0.243 e. The van der Waals surface area contributed by atoms with Gasteiger partial charge in [-0.2, -0.15) is 0 Å². The predicted molar refractivity (Wildman–Crippen MR) is 104 cm³/mol. The number of amides is 1. The monoisotopic (exact) mass is 372 g/mol. The summed E-state index contributed by atoms with van der Waals surface area (Å²) >= 11 is 6.37. The van der Waals surface area contributed by atoms with Gasteiger partial charge in [-0.15, -0.1) is 0 Å². The Morgan fingerprint density at radius 1 is 1.35 bits per heavy atom. The maximum absolute atomic E-state index is 12.1. The number of rotatable bonds is 6. The lowest BCUT2D eigenvalue weighted by Gasteiger charge is -2.14. The first-order chi connectivity index (χ1) is 12.5. The number of benzene rings is 2. The van der Waals surface area contributed by atoms with Crippen LogP contribution < -0.4 is 11.1 Å². The normalized spacial score (nSPS) is 12.3. The largest absolute Gasteiger partial charge is 0.383 e. The molecular weight excluding hydrogens is 352 g/mol. The molecule has 3 rings (SSSR count). The Hall–Kier alpha value is -2.41. The second-order valence-electron chi connectivity index (χ2n) is 6.09. The van der Waals surface area contributed by atoms with Gasteiger partial charge in [-0.05, 0) is 42.8 Å². The van der Waals surface area contributed by atoms with Crippen LogP contribution in [0.3, 0.4) is 0 Å². The van der Waals surface area contributed by atoms with Gasteiger partial charge in [0.15, 0.2) is 0 Å². The number of ether oxygens (including phenoxy) is 1. The first-order valence-corrected chi connectivity index (χ1v) is 8.63. The number of halogens is 1. The summed E-state index contributed by atoms with van der Waals surface area (Å²) < 4.78 is 7.01. The predicted octanol–water partition coefficient (Wildman–Crippen LogP) is 2.96. The first-order valence-electron chi connectivity index (χ1n) is 8.25. The average Bonchev–Trinajstić information content (AvgIpc) is 2.93. The van der Waals surface area contributed by atoms with Crippen LogP contribution in [0.1, 0.15) is 11.4 Å². The molecule has 3 N–H and O–H groups in total. The second-order valence-corrected chi connectivity index (χ2v) is 6.50. The number of carbonyl (C=O) groups excluding carboxylic acids is 1. The van der Waals surface area contributed by atoms with Gasteiger partial charge in [-0.3, -0.25) is 4.79 Å². The Bertz CT molecular complexity index is 938. The molecule has 0 aliphatic carbocycles. The van der Waals surface area contributed by atoms with E-state index in [1.165, 1.54) is 7.11 Å². The molecule has 136 valence electrons. The summed E-state index contributed by atoms with van der Waals surface area (Å²) in [5.74, 6) is 0.600. The summed E-state index contributed by atoms with van der Waals surface area (Å²) in [4.78, 5) is 16.7. The Balaban J connectivity index is 1.86. The van der Waals surface area contributed by atoms with Crippen LogP contribution in [0.25, 0.3) is 11.0 Å². The second kappa shape index (κ2) is 7.86. The number of aromatic nitrogens is 2. The summed E-state index contributed by atoms with van der Waals surface area (Å²) in [6, 6.07) is 12.6. The molecule has 0 fully saturated rings. The summed E-state index contributed by atoms with van der Waals surface area (Å²) in [5.41, 5.74) is 9.27. The number of aryl methyl sites for hydroxylation is 1. The average molecular weight is 373 g/mol. The molecule has 2 aromatic carbocycles. The zero-order valence-electron chi connectivity index (χ0n) is 14.7. The fourth-order valence-corrected chi connectivity index (χ4v) is 3.01. The van der Waals surface area contributed by atoms with E-state index in [1.54, 1.807) is 12.1 Å². The third kappa shape index (κ3) is 3.88. The number of anilines is 1. The Morgan fingerprint density at radius 3 is 2.88 bits per heavy atom. The molecule has 0 spiro atoms. The van der Waals surface area contributed by atoms with Gasteiger partial charge >= 0.3 is 0 Å². The molecular formula is C19H21ClN4O2. The summed E-state index contributed by atoms with van der Waals surface area (Å²) in [6.45, 7) is 2.68. The number of nitrogens with one attached hydrogen (secondary N) is 1. The number of methoxy groups -OCH3 is 1. The minimum Gasteiger partial charge on any atom is -0.383 e. The van der Waals surface area contributed by atoms with E-state index in [0.29, 0.717) is 17.3 Å². The van der Waals surface area contributed by atoms with Crippen LogP contribution in [0.5, 0.6) is 0 Å². The van der Waals surface area contributed by atoms with E-state index in [1.807, 2.05) is 37.3 Å². The molecule has 0 saturated carbocycles. The topological polar surface area (TPSA) is 82.2 Å². The first kappa shape index (κ1) is 18.4. The Labute approximate surface area is 156 Å². The van der Waals surface area contributed by atoms with Gasteiger partial charge in [0.1, 0.15) is 11.9 Å². The van der Waals surface area contributed by atoms with E-state index in [9.17, 15) is 4.79 Å². The number of para-hydroxylation sites is 2. The molecule has 1 unspecified atom stereocenters. The highest BCUT2D eigenvalue weighted by Crippen LogP contribution is 2.24. The van der Waals surface area contributed by atoms with Crippen LogP contribution >= 0.6 is 11.6 Å². The standard InChI is InChI=1S/C19H21ClN4O2/c1-12-22-17-5-3-4-6-18(17)24(12)10-13-9-14(7-8-15(13)20)23-19(25)16(21)11-26-2/h3-9,16H,10-11,21H2,1-2H3,(H,23,25). The van der Waals surface area contributed by atoms with Gasteiger partial charge in [0.05, 0.1) is 24.2 Å². The number of hydrogen-bond acceptors (Lipinski definition) is 4. The van der Waals surface area contributed by atoms with Gasteiger partial charge in [0, 0.05) is 17.8 Å². The van der Waals surface area contributed by atoms with Crippen LogP contribution in [0.2, 0.25) is 5.02 Å². The highest BCUT2D eigenvalue weighted by Gasteiger charge is 2.15. The molecule has 0 bridgehead atoms. The van der Waals surface area contributed by atoms with E-state index >= 15 is 0 Å². The van der Waals surface area contributed by atoms with Crippen LogP contribution in [0, 0.1) is 6.92 Å². The minimum absolute atomic E-state index is 0.159. The van der Waals surface area contributed by atoms with Gasteiger partial charge in [0.2, 0.25) is 5.91 Å². The van der Waals surface area contributed by atoms with Crippen molar-refractivity contribution in [2.45, 2.75) is 19.5 Å². The SMILES string of the molecule is COCC(N)C(=O)Nc1ccc(Cl)c(Cn2c(C)nc3ccccc32)c1. The van der Waals surface area contributed by atoms with Crippen molar-refractivity contribution in [1.82, 2.24) is 9.55 Å². The molecule has 3 aromatic rings. The van der Waals surface area contributed by atoms with Gasteiger partial charge in [-0.25, -0.2) is 4.98 Å². The third-order valence-electron chi connectivity index (χ3n) is 4.17. The molecule has 26 heavy (non-hydrogen) atoms. The number of imidazole rings is 1. The van der Waals surface area contributed by atoms with Gasteiger partial charge < -0.3 is 20.4 Å². The quantitative estimate of drug-likeness (QED) is 0.697.